The Hall–Kier alpha value is -2.03. The number of hydrogen-bond acceptors (Lipinski definition) is 6. The van der Waals surface area contributed by atoms with Crippen molar-refractivity contribution in [1.29, 1.82) is 0 Å². The second-order valence-electron chi connectivity index (χ2n) is 6.53. The van der Waals surface area contributed by atoms with Gasteiger partial charge in [-0.15, -0.1) is 22.7 Å². The molecule has 136 valence electrons. The fraction of sp³-hybridized carbons (Fsp3) is 0.389. The lowest BCUT2D eigenvalue weighted by Crippen LogP contribution is -2.47. The maximum absolute atomic E-state index is 12.7. The highest BCUT2D eigenvalue weighted by molar-refractivity contribution is 7.19. The molecule has 1 saturated heterocycles. The number of rotatable bonds is 3. The number of thiophene rings is 2. The summed E-state index contributed by atoms with van der Waals surface area (Å²) in [6.45, 7) is 7.31. The van der Waals surface area contributed by atoms with Crippen LogP contribution in [-0.4, -0.2) is 51.9 Å². The Kier molecular flexibility index (Phi) is 4.64. The van der Waals surface area contributed by atoms with E-state index in [9.17, 15) is 9.59 Å². The van der Waals surface area contributed by atoms with Crippen molar-refractivity contribution in [2.24, 2.45) is 0 Å². The van der Waals surface area contributed by atoms with E-state index >= 15 is 0 Å². The number of aryl methyl sites for hydroxylation is 1. The minimum Gasteiger partial charge on any atom is -0.340 e. The largest absolute Gasteiger partial charge is 0.340 e. The fourth-order valence-electron chi connectivity index (χ4n) is 3.26. The molecule has 1 fully saturated rings. The first kappa shape index (κ1) is 17.4. The van der Waals surface area contributed by atoms with Gasteiger partial charge in [0, 0.05) is 53.8 Å². The van der Waals surface area contributed by atoms with Crippen LogP contribution >= 0.6 is 22.7 Å². The van der Waals surface area contributed by atoms with Crippen molar-refractivity contribution in [3.8, 4) is 10.4 Å². The van der Waals surface area contributed by atoms with E-state index < -0.39 is 0 Å². The molecule has 1 N–H and O–H groups in total. The summed E-state index contributed by atoms with van der Waals surface area (Å²) in [7, 11) is 0. The lowest BCUT2D eigenvalue weighted by molar-refractivity contribution is -0.130. The summed E-state index contributed by atoms with van der Waals surface area (Å²) in [4.78, 5) is 38.9. The summed E-state index contributed by atoms with van der Waals surface area (Å²) in [5.41, 5.74) is 0.896. The molecule has 3 aromatic rings. The van der Waals surface area contributed by atoms with Gasteiger partial charge in [0.2, 0.25) is 5.91 Å². The molecule has 1 aliphatic rings. The van der Waals surface area contributed by atoms with Gasteiger partial charge in [-0.25, -0.2) is 4.98 Å². The Balaban J connectivity index is 1.57. The first-order valence-corrected chi connectivity index (χ1v) is 10.3. The van der Waals surface area contributed by atoms with Crippen LogP contribution in [0.2, 0.25) is 0 Å². The normalized spacial score (nSPS) is 15.7. The third kappa shape index (κ3) is 3.32. The van der Waals surface area contributed by atoms with E-state index in [-0.39, 0.29) is 11.5 Å². The van der Waals surface area contributed by atoms with Crippen molar-refractivity contribution in [3.63, 3.8) is 0 Å². The van der Waals surface area contributed by atoms with E-state index in [2.05, 4.69) is 33.9 Å². The molecule has 0 saturated carbocycles. The van der Waals surface area contributed by atoms with Gasteiger partial charge < -0.3 is 9.88 Å². The van der Waals surface area contributed by atoms with E-state index in [0.29, 0.717) is 17.8 Å². The number of aromatic nitrogens is 2. The quantitative estimate of drug-likeness (QED) is 0.749. The number of carbonyl (C=O) groups excluding carboxylic acids is 1. The van der Waals surface area contributed by atoms with E-state index in [1.807, 2.05) is 10.3 Å². The summed E-state index contributed by atoms with van der Waals surface area (Å²) in [5.74, 6) is 0.807. The van der Waals surface area contributed by atoms with Crippen molar-refractivity contribution in [2.75, 3.05) is 26.2 Å². The molecule has 6 nitrogen and oxygen atoms in total. The summed E-state index contributed by atoms with van der Waals surface area (Å²) in [6.07, 6.45) is 0. The Morgan fingerprint density at radius 2 is 2.04 bits per heavy atom. The van der Waals surface area contributed by atoms with Gasteiger partial charge in [-0.2, -0.15) is 0 Å². The van der Waals surface area contributed by atoms with Crippen LogP contribution in [-0.2, 0) is 11.3 Å². The number of nitrogens with one attached hydrogen (secondary N) is 1. The Morgan fingerprint density at radius 3 is 2.69 bits per heavy atom. The Labute approximate surface area is 159 Å². The molecule has 0 bridgehead atoms. The highest BCUT2D eigenvalue weighted by atomic mass is 32.1. The monoisotopic (exact) mass is 388 g/mol. The van der Waals surface area contributed by atoms with Crippen LogP contribution in [0.3, 0.4) is 0 Å². The molecule has 0 atom stereocenters. The number of H-pyrrole nitrogens is 1. The molecule has 8 heteroatoms. The van der Waals surface area contributed by atoms with Crippen molar-refractivity contribution in [1.82, 2.24) is 19.8 Å². The molecular weight excluding hydrogens is 368 g/mol. The van der Waals surface area contributed by atoms with Gasteiger partial charge in [-0.05, 0) is 19.1 Å². The van der Waals surface area contributed by atoms with Gasteiger partial charge in [0.1, 0.15) is 10.7 Å². The third-order valence-corrected chi connectivity index (χ3v) is 6.60. The standard InChI is InChI=1S/C18H20N4O2S2/c1-11-3-4-14(26-11)13-10-25-18-16(13)17(24)19-15(20-18)9-21-5-7-22(8-6-21)12(2)23/h3-4,10H,5-9H2,1-2H3,(H,19,20,24). The maximum atomic E-state index is 12.7. The molecule has 0 radical (unpaired) electrons. The SMILES string of the molecule is CC(=O)N1CCN(Cc2nc3scc(-c4ccc(C)s4)c3c(=O)[nH]2)CC1. The molecule has 1 amide bonds. The maximum Gasteiger partial charge on any atom is 0.260 e. The van der Waals surface area contributed by atoms with Gasteiger partial charge in [0.05, 0.1) is 11.9 Å². The minimum absolute atomic E-state index is 0.0744. The predicted molar refractivity (Wildman–Crippen MR) is 106 cm³/mol. The molecule has 0 spiro atoms. The number of aromatic amines is 1. The van der Waals surface area contributed by atoms with Crippen LogP contribution in [0.25, 0.3) is 20.7 Å². The first-order valence-electron chi connectivity index (χ1n) is 8.56. The number of nitrogens with zero attached hydrogens (tertiary/aromatic N) is 3. The van der Waals surface area contributed by atoms with E-state index in [0.717, 1.165) is 41.5 Å². The molecule has 26 heavy (non-hydrogen) atoms. The third-order valence-electron chi connectivity index (χ3n) is 4.69. The van der Waals surface area contributed by atoms with Crippen molar-refractivity contribution in [2.45, 2.75) is 20.4 Å². The lowest BCUT2D eigenvalue weighted by atomic mass is 10.2. The van der Waals surface area contributed by atoms with Crippen molar-refractivity contribution < 1.29 is 4.79 Å². The molecular formula is C18H20N4O2S2. The number of amides is 1. The van der Waals surface area contributed by atoms with Crippen molar-refractivity contribution in [3.05, 3.63) is 38.6 Å². The van der Waals surface area contributed by atoms with E-state index in [1.54, 1.807) is 18.3 Å². The molecule has 1 aliphatic heterocycles. The zero-order valence-corrected chi connectivity index (χ0v) is 16.4. The van der Waals surface area contributed by atoms with Gasteiger partial charge in [0.25, 0.3) is 5.56 Å². The van der Waals surface area contributed by atoms with Gasteiger partial charge in [-0.1, -0.05) is 0 Å². The van der Waals surface area contributed by atoms with Crippen LogP contribution in [0.4, 0.5) is 0 Å². The van der Waals surface area contributed by atoms with E-state index in [1.165, 1.54) is 16.2 Å². The second kappa shape index (κ2) is 6.94. The van der Waals surface area contributed by atoms with Crippen LogP contribution in [0.15, 0.2) is 22.3 Å². The zero-order chi connectivity index (χ0) is 18.3. The molecule has 0 aliphatic carbocycles. The highest BCUT2D eigenvalue weighted by Crippen LogP contribution is 2.34. The molecule has 0 aromatic carbocycles. The Morgan fingerprint density at radius 1 is 1.27 bits per heavy atom. The molecule has 4 heterocycles. The van der Waals surface area contributed by atoms with Gasteiger partial charge in [-0.3, -0.25) is 14.5 Å². The lowest BCUT2D eigenvalue weighted by Gasteiger charge is -2.33. The number of carbonyl (C=O) groups is 1. The smallest absolute Gasteiger partial charge is 0.260 e. The van der Waals surface area contributed by atoms with E-state index in [4.69, 9.17) is 0 Å². The molecule has 3 aromatic heterocycles. The number of hydrogen-bond donors (Lipinski definition) is 1. The van der Waals surface area contributed by atoms with Crippen LogP contribution in [0.1, 0.15) is 17.6 Å². The summed E-state index contributed by atoms with van der Waals surface area (Å²) in [6, 6.07) is 4.13. The van der Waals surface area contributed by atoms with Gasteiger partial charge in [0.15, 0.2) is 0 Å². The highest BCUT2D eigenvalue weighted by Gasteiger charge is 2.20. The van der Waals surface area contributed by atoms with Crippen LogP contribution < -0.4 is 5.56 Å². The van der Waals surface area contributed by atoms with Gasteiger partial charge >= 0.3 is 0 Å². The molecule has 0 unspecified atom stereocenters. The second-order valence-corrected chi connectivity index (χ2v) is 8.68. The number of piperazine rings is 1. The van der Waals surface area contributed by atoms with Crippen LogP contribution in [0, 0.1) is 6.92 Å². The first-order chi connectivity index (χ1) is 12.5. The summed E-state index contributed by atoms with van der Waals surface area (Å²) in [5, 5.41) is 2.70. The van der Waals surface area contributed by atoms with Crippen LogP contribution in [0.5, 0.6) is 0 Å². The summed E-state index contributed by atoms with van der Waals surface area (Å²) >= 11 is 3.21. The fourth-order valence-corrected chi connectivity index (χ4v) is 5.18. The summed E-state index contributed by atoms with van der Waals surface area (Å²) < 4.78 is 0. The average Bonchev–Trinajstić information content (AvgIpc) is 3.21. The predicted octanol–water partition coefficient (Wildman–Crippen LogP) is 2.69. The topological polar surface area (TPSA) is 69.3 Å². The average molecular weight is 389 g/mol. The zero-order valence-electron chi connectivity index (χ0n) is 14.7. The molecule has 4 rings (SSSR count). The minimum atomic E-state index is -0.0744. The Bertz CT molecular complexity index is 1010. The van der Waals surface area contributed by atoms with Crippen molar-refractivity contribution >= 4 is 38.8 Å². The number of fused-ring (bicyclic) bond motifs is 1.